The first kappa shape index (κ1) is 13.1. The van der Waals surface area contributed by atoms with Gasteiger partial charge in [-0.05, 0) is 23.8 Å². The molecule has 1 atom stereocenters. The Morgan fingerprint density at radius 2 is 2.12 bits per heavy atom. The van der Waals surface area contributed by atoms with Crippen LogP contribution in [0.2, 0.25) is 5.28 Å². The van der Waals surface area contributed by atoms with E-state index in [0.29, 0.717) is 0 Å². The molecule has 0 aromatic carbocycles. The summed E-state index contributed by atoms with van der Waals surface area (Å²) < 4.78 is 25.9. The zero-order chi connectivity index (χ0) is 12.5. The van der Waals surface area contributed by atoms with Crippen LogP contribution in [-0.2, 0) is 10.0 Å². The van der Waals surface area contributed by atoms with Gasteiger partial charge < -0.3 is 0 Å². The first-order valence-corrected chi connectivity index (χ1v) is 8.02. The molecule has 1 aliphatic heterocycles. The van der Waals surface area contributed by atoms with Crippen LogP contribution in [0, 0.1) is 0 Å². The third-order valence-corrected chi connectivity index (χ3v) is 5.90. The summed E-state index contributed by atoms with van der Waals surface area (Å²) in [7, 11) is -1.91. The maximum absolute atomic E-state index is 12.2. The molecule has 0 N–H and O–H groups in total. The summed E-state index contributed by atoms with van der Waals surface area (Å²) in [6.45, 7) is 0. The van der Waals surface area contributed by atoms with E-state index in [0.717, 1.165) is 17.9 Å². The minimum absolute atomic E-state index is 0.0445. The Bertz CT molecular complexity index is 485. The second kappa shape index (κ2) is 5.09. The molecule has 0 aliphatic carbocycles. The van der Waals surface area contributed by atoms with Crippen molar-refractivity contribution in [2.75, 3.05) is 18.6 Å². The SMILES string of the molecule is CN(C1CCSC1)S(=O)(=O)c1cnc(Cl)nc1. The third-order valence-electron chi connectivity index (χ3n) is 2.69. The van der Waals surface area contributed by atoms with Crippen LogP contribution in [0.25, 0.3) is 0 Å². The van der Waals surface area contributed by atoms with Crippen molar-refractivity contribution in [2.45, 2.75) is 17.4 Å². The van der Waals surface area contributed by atoms with Gasteiger partial charge in [-0.15, -0.1) is 0 Å². The summed E-state index contributed by atoms with van der Waals surface area (Å²) in [5.74, 6) is 1.84. The molecule has 2 rings (SSSR count). The lowest BCUT2D eigenvalue weighted by atomic mass is 10.3. The number of nitrogens with zero attached hydrogens (tertiary/aromatic N) is 3. The third kappa shape index (κ3) is 2.73. The van der Waals surface area contributed by atoms with Crippen LogP contribution in [0.4, 0.5) is 0 Å². The lowest BCUT2D eigenvalue weighted by molar-refractivity contribution is 0.394. The average Bonchev–Trinajstić information content (AvgIpc) is 2.82. The van der Waals surface area contributed by atoms with Gasteiger partial charge in [0.2, 0.25) is 15.3 Å². The molecule has 0 bridgehead atoms. The lowest BCUT2D eigenvalue weighted by Gasteiger charge is -2.22. The summed E-state index contributed by atoms with van der Waals surface area (Å²) in [5.41, 5.74) is 0. The molecule has 0 spiro atoms. The molecule has 17 heavy (non-hydrogen) atoms. The normalized spacial score (nSPS) is 21.0. The summed E-state index contributed by atoms with van der Waals surface area (Å²) in [4.78, 5) is 7.48. The molecule has 2 heterocycles. The van der Waals surface area contributed by atoms with Gasteiger partial charge in [-0.1, -0.05) is 0 Å². The number of sulfonamides is 1. The maximum Gasteiger partial charge on any atom is 0.246 e. The molecule has 1 aliphatic rings. The number of hydrogen-bond donors (Lipinski definition) is 0. The predicted octanol–water partition coefficient (Wildman–Crippen LogP) is 1.26. The van der Waals surface area contributed by atoms with Gasteiger partial charge in [0.25, 0.3) is 0 Å². The van der Waals surface area contributed by atoms with Crippen LogP contribution >= 0.6 is 23.4 Å². The molecule has 1 aromatic heterocycles. The van der Waals surface area contributed by atoms with Crippen molar-refractivity contribution < 1.29 is 8.42 Å². The van der Waals surface area contributed by atoms with E-state index in [1.807, 2.05) is 0 Å². The largest absolute Gasteiger partial charge is 0.246 e. The lowest BCUT2D eigenvalue weighted by Crippen LogP contribution is -2.37. The van der Waals surface area contributed by atoms with E-state index < -0.39 is 10.0 Å². The fourth-order valence-electron chi connectivity index (χ4n) is 1.61. The van der Waals surface area contributed by atoms with Gasteiger partial charge in [-0.25, -0.2) is 18.4 Å². The van der Waals surface area contributed by atoms with Crippen LogP contribution in [0.5, 0.6) is 0 Å². The van der Waals surface area contributed by atoms with Crippen LogP contribution in [0.15, 0.2) is 17.3 Å². The highest BCUT2D eigenvalue weighted by atomic mass is 35.5. The molecule has 1 unspecified atom stereocenters. The molecule has 0 saturated carbocycles. The van der Waals surface area contributed by atoms with Crippen molar-refractivity contribution in [3.63, 3.8) is 0 Å². The first-order valence-electron chi connectivity index (χ1n) is 5.05. The van der Waals surface area contributed by atoms with Crippen LogP contribution in [0.1, 0.15) is 6.42 Å². The number of halogens is 1. The molecule has 1 fully saturated rings. The zero-order valence-electron chi connectivity index (χ0n) is 9.21. The smallest absolute Gasteiger partial charge is 0.225 e. The molecule has 1 aromatic rings. The van der Waals surface area contributed by atoms with Crippen molar-refractivity contribution in [1.29, 1.82) is 0 Å². The number of thioether (sulfide) groups is 1. The summed E-state index contributed by atoms with van der Waals surface area (Å²) in [6, 6.07) is 0.0562. The highest BCUT2D eigenvalue weighted by Crippen LogP contribution is 2.25. The van der Waals surface area contributed by atoms with Crippen molar-refractivity contribution >= 4 is 33.4 Å². The van der Waals surface area contributed by atoms with Gasteiger partial charge in [0, 0.05) is 18.8 Å². The molecule has 5 nitrogen and oxygen atoms in total. The van der Waals surface area contributed by atoms with Gasteiger partial charge in [0.05, 0.1) is 12.4 Å². The topological polar surface area (TPSA) is 63.2 Å². The molecule has 8 heteroatoms. The van der Waals surface area contributed by atoms with Gasteiger partial charge in [0.15, 0.2) is 0 Å². The number of rotatable bonds is 3. The van der Waals surface area contributed by atoms with E-state index in [4.69, 9.17) is 11.6 Å². The predicted molar refractivity (Wildman–Crippen MR) is 67.7 cm³/mol. The Morgan fingerprint density at radius 1 is 1.47 bits per heavy atom. The Balaban J connectivity index is 2.26. The second-order valence-electron chi connectivity index (χ2n) is 3.73. The highest BCUT2D eigenvalue weighted by Gasteiger charge is 2.30. The van der Waals surface area contributed by atoms with E-state index in [-0.39, 0.29) is 16.2 Å². The van der Waals surface area contributed by atoms with E-state index in [1.165, 1.54) is 16.7 Å². The Labute approximate surface area is 110 Å². The highest BCUT2D eigenvalue weighted by molar-refractivity contribution is 7.99. The minimum atomic E-state index is -3.50. The molecule has 0 radical (unpaired) electrons. The minimum Gasteiger partial charge on any atom is -0.225 e. The molecular weight excluding hydrogens is 282 g/mol. The summed E-state index contributed by atoms with van der Waals surface area (Å²) >= 11 is 7.30. The van der Waals surface area contributed by atoms with Crippen molar-refractivity contribution in [3.05, 3.63) is 17.7 Å². The Kier molecular flexibility index (Phi) is 3.92. The number of aromatic nitrogens is 2. The molecule has 94 valence electrons. The van der Waals surface area contributed by atoms with Crippen LogP contribution in [0.3, 0.4) is 0 Å². The summed E-state index contributed by atoms with van der Waals surface area (Å²) in [6.07, 6.45) is 3.36. The average molecular weight is 294 g/mol. The van der Waals surface area contributed by atoms with Crippen molar-refractivity contribution in [3.8, 4) is 0 Å². The van der Waals surface area contributed by atoms with Crippen LogP contribution < -0.4 is 0 Å². The second-order valence-corrected chi connectivity index (χ2v) is 7.21. The fourth-order valence-corrected chi connectivity index (χ4v) is 4.34. The standard InChI is InChI=1S/C9H12ClN3O2S2/c1-13(7-2-3-16-6-7)17(14,15)8-4-11-9(10)12-5-8/h4-5,7H,2-3,6H2,1H3. The van der Waals surface area contributed by atoms with Crippen molar-refractivity contribution in [2.24, 2.45) is 0 Å². The van der Waals surface area contributed by atoms with Gasteiger partial charge in [-0.2, -0.15) is 16.1 Å². The van der Waals surface area contributed by atoms with Crippen LogP contribution in [-0.4, -0.2) is 47.3 Å². The van der Waals surface area contributed by atoms with Crippen molar-refractivity contribution in [1.82, 2.24) is 14.3 Å². The fraction of sp³-hybridized carbons (Fsp3) is 0.556. The van der Waals surface area contributed by atoms with E-state index >= 15 is 0 Å². The molecule has 1 saturated heterocycles. The Morgan fingerprint density at radius 3 is 2.65 bits per heavy atom. The maximum atomic E-state index is 12.2. The molecule has 0 amide bonds. The summed E-state index contributed by atoms with van der Waals surface area (Å²) in [5, 5.41) is 0.0445. The number of hydrogen-bond acceptors (Lipinski definition) is 5. The van der Waals surface area contributed by atoms with E-state index in [9.17, 15) is 8.42 Å². The molecular formula is C9H12ClN3O2S2. The Hall–Kier alpha value is -0.370. The zero-order valence-corrected chi connectivity index (χ0v) is 11.6. The van der Waals surface area contributed by atoms with E-state index in [1.54, 1.807) is 18.8 Å². The monoisotopic (exact) mass is 293 g/mol. The first-order chi connectivity index (χ1) is 8.01. The van der Waals surface area contributed by atoms with E-state index in [2.05, 4.69) is 9.97 Å². The van der Waals surface area contributed by atoms with Gasteiger partial charge >= 0.3 is 0 Å². The quantitative estimate of drug-likeness (QED) is 0.785. The van der Waals surface area contributed by atoms with Gasteiger partial charge in [0.1, 0.15) is 4.90 Å². The van der Waals surface area contributed by atoms with Gasteiger partial charge in [-0.3, -0.25) is 0 Å².